The van der Waals surface area contributed by atoms with Gasteiger partial charge in [0.25, 0.3) is 0 Å². The van der Waals surface area contributed by atoms with Gasteiger partial charge in [-0.1, -0.05) is 36.8 Å². The summed E-state index contributed by atoms with van der Waals surface area (Å²) < 4.78 is 4.67. The van der Waals surface area contributed by atoms with Gasteiger partial charge < -0.3 is 4.74 Å². The summed E-state index contributed by atoms with van der Waals surface area (Å²) in [5.74, 6) is -0.837. The van der Waals surface area contributed by atoms with Crippen molar-refractivity contribution in [2.75, 3.05) is 0 Å². The monoisotopic (exact) mass is 218 g/mol. The first-order valence-electron chi connectivity index (χ1n) is 5.41. The van der Waals surface area contributed by atoms with Crippen molar-refractivity contribution in [3.05, 3.63) is 35.4 Å². The van der Waals surface area contributed by atoms with Crippen LogP contribution in [-0.4, -0.2) is 11.9 Å². The largest absolute Gasteiger partial charge is 0.392 e. The molecular formula is C13H14O3. The number of benzene rings is 1. The number of hydrogen-bond donors (Lipinski definition) is 0. The van der Waals surface area contributed by atoms with Crippen LogP contribution in [0.25, 0.3) is 0 Å². The van der Waals surface area contributed by atoms with Crippen molar-refractivity contribution in [1.29, 1.82) is 0 Å². The minimum absolute atomic E-state index is 0.158. The molecule has 0 aromatic heterocycles. The summed E-state index contributed by atoms with van der Waals surface area (Å²) in [6.07, 6.45) is 0.742. The molecule has 0 amide bonds. The fourth-order valence-corrected chi connectivity index (χ4v) is 2.12. The van der Waals surface area contributed by atoms with Gasteiger partial charge in [0.1, 0.15) is 5.41 Å². The summed E-state index contributed by atoms with van der Waals surface area (Å²) in [5.41, 5.74) is 1.24. The first-order valence-corrected chi connectivity index (χ1v) is 5.41. The van der Waals surface area contributed by atoms with E-state index in [1.807, 2.05) is 38.1 Å². The summed E-state index contributed by atoms with van der Waals surface area (Å²) in [4.78, 5) is 23.0. The molecule has 1 saturated heterocycles. The van der Waals surface area contributed by atoms with Crippen LogP contribution in [0.5, 0.6) is 0 Å². The van der Waals surface area contributed by atoms with Crippen LogP contribution >= 0.6 is 0 Å². The lowest BCUT2D eigenvalue weighted by Gasteiger charge is -2.22. The Balaban J connectivity index is 2.46. The van der Waals surface area contributed by atoms with E-state index in [-0.39, 0.29) is 6.42 Å². The Hall–Kier alpha value is -1.64. The molecule has 1 heterocycles. The zero-order valence-electron chi connectivity index (χ0n) is 9.45. The minimum atomic E-state index is -0.759. The molecule has 3 nitrogen and oxygen atoms in total. The third-order valence-corrected chi connectivity index (χ3v) is 3.25. The molecule has 1 aliphatic rings. The number of hydrogen-bond acceptors (Lipinski definition) is 3. The van der Waals surface area contributed by atoms with Gasteiger partial charge in [-0.05, 0) is 18.9 Å². The van der Waals surface area contributed by atoms with E-state index in [9.17, 15) is 9.59 Å². The molecule has 1 aromatic rings. The maximum Gasteiger partial charge on any atom is 0.324 e. The van der Waals surface area contributed by atoms with Gasteiger partial charge in [-0.2, -0.15) is 0 Å². The molecule has 0 aliphatic carbocycles. The molecule has 1 atom stereocenters. The van der Waals surface area contributed by atoms with E-state index < -0.39 is 17.4 Å². The van der Waals surface area contributed by atoms with Gasteiger partial charge in [-0.25, -0.2) is 0 Å². The van der Waals surface area contributed by atoms with Gasteiger partial charge in [0, 0.05) is 0 Å². The summed E-state index contributed by atoms with van der Waals surface area (Å²) in [6.45, 7) is 3.89. The fourth-order valence-electron chi connectivity index (χ4n) is 2.12. The minimum Gasteiger partial charge on any atom is -0.392 e. The van der Waals surface area contributed by atoms with E-state index >= 15 is 0 Å². The molecule has 0 spiro atoms. The van der Waals surface area contributed by atoms with E-state index in [1.54, 1.807) is 0 Å². The van der Waals surface area contributed by atoms with E-state index in [0.29, 0.717) is 6.42 Å². The Morgan fingerprint density at radius 2 is 1.88 bits per heavy atom. The molecule has 3 heteroatoms. The molecule has 1 aliphatic heterocycles. The van der Waals surface area contributed by atoms with Crippen LogP contribution in [0.2, 0.25) is 0 Å². The molecule has 0 radical (unpaired) electrons. The van der Waals surface area contributed by atoms with Crippen LogP contribution in [0.4, 0.5) is 0 Å². The first-order chi connectivity index (χ1) is 7.58. The summed E-state index contributed by atoms with van der Waals surface area (Å²) in [5, 5.41) is 0. The van der Waals surface area contributed by atoms with E-state index in [1.165, 1.54) is 0 Å². The molecule has 16 heavy (non-hydrogen) atoms. The van der Waals surface area contributed by atoms with Crippen molar-refractivity contribution in [1.82, 2.24) is 0 Å². The third kappa shape index (κ3) is 1.52. The zero-order chi connectivity index (χ0) is 11.8. The predicted octanol–water partition coefficient (Wildman–Crippen LogP) is 2.12. The third-order valence-electron chi connectivity index (χ3n) is 3.25. The lowest BCUT2D eigenvalue weighted by atomic mass is 9.77. The van der Waals surface area contributed by atoms with Crippen LogP contribution in [0, 0.1) is 6.92 Å². The van der Waals surface area contributed by atoms with Crippen molar-refractivity contribution < 1.29 is 14.3 Å². The summed E-state index contributed by atoms with van der Waals surface area (Å²) in [6, 6.07) is 7.70. The Kier molecular flexibility index (Phi) is 2.54. The predicted molar refractivity (Wildman–Crippen MR) is 58.9 cm³/mol. The first kappa shape index (κ1) is 10.9. The van der Waals surface area contributed by atoms with Crippen molar-refractivity contribution in [3.8, 4) is 0 Å². The second-order valence-corrected chi connectivity index (χ2v) is 4.24. The normalized spacial score (nSPS) is 24.6. The highest BCUT2D eigenvalue weighted by Crippen LogP contribution is 2.38. The molecule has 1 fully saturated rings. The number of rotatable bonds is 2. The van der Waals surface area contributed by atoms with Crippen molar-refractivity contribution in [3.63, 3.8) is 0 Å². The van der Waals surface area contributed by atoms with Crippen LogP contribution < -0.4 is 0 Å². The van der Waals surface area contributed by atoms with E-state index in [4.69, 9.17) is 0 Å². The van der Waals surface area contributed by atoms with Gasteiger partial charge in [0.2, 0.25) is 0 Å². The topological polar surface area (TPSA) is 43.4 Å². The molecular weight excluding hydrogens is 204 g/mol. The van der Waals surface area contributed by atoms with Gasteiger partial charge >= 0.3 is 11.9 Å². The van der Waals surface area contributed by atoms with E-state index in [2.05, 4.69) is 4.74 Å². The van der Waals surface area contributed by atoms with Gasteiger partial charge in [-0.3, -0.25) is 9.59 Å². The van der Waals surface area contributed by atoms with Crippen molar-refractivity contribution in [2.24, 2.45) is 0 Å². The van der Waals surface area contributed by atoms with Gasteiger partial charge in [0.15, 0.2) is 0 Å². The van der Waals surface area contributed by atoms with Crippen LogP contribution in [0.1, 0.15) is 30.9 Å². The molecule has 0 N–H and O–H groups in total. The number of carbonyl (C=O) groups is 2. The van der Waals surface area contributed by atoms with Crippen LogP contribution in [-0.2, 0) is 19.7 Å². The number of aryl methyl sites for hydroxylation is 1. The van der Waals surface area contributed by atoms with Crippen molar-refractivity contribution in [2.45, 2.75) is 32.1 Å². The Morgan fingerprint density at radius 3 is 2.31 bits per heavy atom. The lowest BCUT2D eigenvalue weighted by molar-refractivity contribution is -0.153. The molecule has 2 rings (SSSR count). The number of esters is 2. The zero-order valence-corrected chi connectivity index (χ0v) is 9.45. The number of carbonyl (C=O) groups excluding carboxylic acids is 2. The molecule has 0 unspecified atom stereocenters. The van der Waals surface area contributed by atoms with E-state index in [0.717, 1.165) is 11.1 Å². The SMILES string of the molecule is CC[C@@]1(c2ccc(C)cc2)CC(=O)OC1=O. The van der Waals surface area contributed by atoms with Crippen molar-refractivity contribution >= 4 is 11.9 Å². The van der Waals surface area contributed by atoms with Gasteiger partial charge in [-0.15, -0.1) is 0 Å². The quantitative estimate of drug-likeness (QED) is 0.564. The summed E-state index contributed by atoms with van der Waals surface area (Å²) >= 11 is 0. The molecule has 0 saturated carbocycles. The second-order valence-electron chi connectivity index (χ2n) is 4.24. The Labute approximate surface area is 94.4 Å². The molecule has 0 bridgehead atoms. The number of ether oxygens (including phenoxy) is 1. The fraction of sp³-hybridized carbons (Fsp3) is 0.385. The lowest BCUT2D eigenvalue weighted by Crippen LogP contribution is -2.30. The Morgan fingerprint density at radius 1 is 1.25 bits per heavy atom. The van der Waals surface area contributed by atoms with Crippen LogP contribution in [0.15, 0.2) is 24.3 Å². The molecule has 1 aromatic carbocycles. The maximum atomic E-state index is 11.8. The summed E-state index contributed by atoms with van der Waals surface area (Å²) in [7, 11) is 0. The molecule has 84 valence electrons. The Bertz CT molecular complexity index is 433. The smallest absolute Gasteiger partial charge is 0.324 e. The second kappa shape index (κ2) is 3.74. The standard InChI is InChI=1S/C13H14O3/c1-3-13(8-11(14)16-12(13)15)10-6-4-9(2)5-7-10/h4-7H,3,8H2,1-2H3/t13-/m0/s1. The average Bonchev–Trinajstić information content (AvgIpc) is 2.55. The highest BCUT2D eigenvalue weighted by atomic mass is 16.6. The highest BCUT2D eigenvalue weighted by molar-refractivity contribution is 6.01. The number of cyclic esters (lactones) is 2. The van der Waals surface area contributed by atoms with Gasteiger partial charge in [0.05, 0.1) is 6.42 Å². The van der Waals surface area contributed by atoms with Crippen LogP contribution in [0.3, 0.4) is 0 Å². The maximum absolute atomic E-state index is 11.8. The highest BCUT2D eigenvalue weighted by Gasteiger charge is 2.49. The average molecular weight is 218 g/mol.